The van der Waals surface area contributed by atoms with Crippen LogP contribution in [0.1, 0.15) is 27.2 Å². The molecule has 0 heterocycles. The second kappa shape index (κ2) is 8.77. The molecule has 6 nitrogen and oxygen atoms in total. The molecule has 0 aromatic heterocycles. The number of esters is 1. The molecule has 1 aromatic rings. The van der Waals surface area contributed by atoms with Crippen LogP contribution in [0.15, 0.2) is 29.2 Å². The van der Waals surface area contributed by atoms with Gasteiger partial charge in [-0.2, -0.15) is 0 Å². The van der Waals surface area contributed by atoms with Gasteiger partial charge in [-0.1, -0.05) is 13.8 Å². The number of halogens is 1. The van der Waals surface area contributed by atoms with Gasteiger partial charge in [0.2, 0.25) is 0 Å². The summed E-state index contributed by atoms with van der Waals surface area (Å²) < 4.78 is 41.6. The summed E-state index contributed by atoms with van der Waals surface area (Å²) in [6.07, 6.45) is -0.382. The molecule has 0 aliphatic carbocycles. The summed E-state index contributed by atoms with van der Waals surface area (Å²) in [6, 6.07) is 4.28. The minimum absolute atomic E-state index is 0.0601. The highest BCUT2D eigenvalue weighted by molar-refractivity contribution is 7.91. The van der Waals surface area contributed by atoms with Crippen LogP contribution in [0.5, 0.6) is 0 Å². The van der Waals surface area contributed by atoms with Crippen LogP contribution >= 0.6 is 0 Å². The highest BCUT2D eigenvalue weighted by atomic mass is 32.2. The number of hydrogen-bond acceptors (Lipinski definition) is 5. The summed E-state index contributed by atoms with van der Waals surface area (Å²) in [6.45, 7) is 5.26. The normalized spacial score (nSPS) is 12.7. The molecule has 0 spiro atoms. The molecule has 1 aromatic carbocycles. The molecule has 0 bridgehead atoms. The lowest BCUT2D eigenvalue weighted by Gasteiger charge is -2.17. The lowest BCUT2D eigenvalue weighted by atomic mass is 10.1. The summed E-state index contributed by atoms with van der Waals surface area (Å²) >= 11 is 0. The first-order valence-electron chi connectivity index (χ1n) is 7.55. The van der Waals surface area contributed by atoms with Crippen molar-refractivity contribution in [1.29, 1.82) is 0 Å². The molecule has 0 saturated carbocycles. The van der Waals surface area contributed by atoms with Crippen LogP contribution in [-0.4, -0.2) is 38.7 Å². The van der Waals surface area contributed by atoms with Gasteiger partial charge in [-0.25, -0.2) is 12.8 Å². The lowest BCUT2D eigenvalue weighted by molar-refractivity contribution is -0.148. The predicted molar refractivity (Wildman–Crippen MR) is 86.5 cm³/mol. The molecule has 1 amide bonds. The fourth-order valence-corrected chi connectivity index (χ4v) is 2.88. The van der Waals surface area contributed by atoms with Gasteiger partial charge in [-0.3, -0.25) is 9.59 Å². The minimum atomic E-state index is -3.71. The molecule has 1 atom stereocenters. The zero-order valence-electron chi connectivity index (χ0n) is 13.9. The van der Waals surface area contributed by atoms with Gasteiger partial charge in [0, 0.05) is 6.04 Å². The largest absolute Gasteiger partial charge is 0.456 e. The lowest BCUT2D eigenvalue weighted by Crippen LogP contribution is -2.38. The zero-order chi connectivity index (χ0) is 18.3. The van der Waals surface area contributed by atoms with Crippen LogP contribution in [-0.2, 0) is 24.2 Å². The zero-order valence-corrected chi connectivity index (χ0v) is 14.7. The molecule has 0 saturated heterocycles. The van der Waals surface area contributed by atoms with E-state index >= 15 is 0 Å². The van der Waals surface area contributed by atoms with Gasteiger partial charge in [0.15, 0.2) is 16.4 Å². The number of amides is 1. The third-order valence-electron chi connectivity index (χ3n) is 3.50. The molecule has 1 rings (SSSR count). The topological polar surface area (TPSA) is 89.5 Å². The van der Waals surface area contributed by atoms with Gasteiger partial charge in [0.1, 0.15) is 5.82 Å². The van der Waals surface area contributed by atoms with Gasteiger partial charge in [-0.05, 0) is 37.1 Å². The summed E-state index contributed by atoms with van der Waals surface area (Å²) in [5.74, 6) is -2.00. The van der Waals surface area contributed by atoms with E-state index in [2.05, 4.69) is 5.32 Å². The Morgan fingerprint density at radius 1 is 1.17 bits per heavy atom. The summed E-state index contributed by atoms with van der Waals surface area (Å²) in [4.78, 5) is 23.1. The number of rotatable bonds is 8. The van der Waals surface area contributed by atoms with Crippen LogP contribution in [0.2, 0.25) is 0 Å². The second-order valence-electron chi connectivity index (χ2n) is 5.78. The number of ether oxygens (including phenoxy) is 1. The van der Waals surface area contributed by atoms with Crippen molar-refractivity contribution in [3.05, 3.63) is 30.1 Å². The van der Waals surface area contributed by atoms with Crippen molar-refractivity contribution in [1.82, 2.24) is 5.32 Å². The average Bonchev–Trinajstić information content (AvgIpc) is 2.51. The fraction of sp³-hybridized carbons (Fsp3) is 0.500. The van der Waals surface area contributed by atoms with Gasteiger partial charge < -0.3 is 10.1 Å². The SMILES string of the molecule is CC(C)[C@H](C)NC(=O)COC(=O)CCS(=O)(=O)c1ccc(F)cc1. The highest BCUT2D eigenvalue weighted by Gasteiger charge is 2.18. The van der Waals surface area contributed by atoms with Crippen LogP contribution in [0.3, 0.4) is 0 Å². The molecule has 1 N–H and O–H groups in total. The standard InChI is InChI=1S/C16H22FNO5S/c1-11(2)12(3)18-15(19)10-23-16(20)8-9-24(21,22)14-6-4-13(17)5-7-14/h4-7,11-12H,8-10H2,1-3H3,(H,18,19)/t12-/m0/s1. The van der Waals surface area contributed by atoms with E-state index in [0.29, 0.717) is 0 Å². The van der Waals surface area contributed by atoms with Crippen LogP contribution in [0.4, 0.5) is 4.39 Å². The van der Waals surface area contributed by atoms with Crippen molar-refractivity contribution < 1.29 is 27.1 Å². The summed E-state index contributed by atoms with van der Waals surface area (Å²) in [5, 5.41) is 2.67. The van der Waals surface area contributed by atoms with Crippen LogP contribution < -0.4 is 5.32 Å². The van der Waals surface area contributed by atoms with E-state index in [9.17, 15) is 22.4 Å². The average molecular weight is 359 g/mol. The molecule has 0 fully saturated rings. The van der Waals surface area contributed by atoms with Crippen LogP contribution in [0, 0.1) is 11.7 Å². The number of carbonyl (C=O) groups excluding carboxylic acids is 2. The van der Waals surface area contributed by atoms with E-state index in [1.165, 1.54) is 0 Å². The van der Waals surface area contributed by atoms with E-state index in [4.69, 9.17) is 4.74 Å². The van der Waals surface area contributed by atoms with Crippen LogP contribution in [0.25, 0.3) is 0 Å². The Kier molecular flexibility index (Phi) is 7.34. The van der Waals surface area contributed by atoms with Crippen molar-refractivity contribution in [2.75, 3.05) is 12.4 Å². The Bertz CT molecular complexity index is 670. The Morgan fingerprint density at radius 3 is 2.29 bits per heavy atom. The van der Waals surface area contributed by atoms with Gasteiger partial charge in [0.05, 0.1) is 17.1 Å². The van der Waals surface area contributed by atoms with Crippen molar-refractivity contribution >= 4 is 21.7 Å². The number of sulfone groups is 1. The van der Waals surface area contributed by atoms with Crippen molar-refractivity contribution in [2.45, 2.75) is 38.1 Å². The maximum atomic E-state index is 12.8. The fourth-order valence-electron chi connectivity index (χ4n) is 1.66. The van der Waals surface area contributed by atoms with E-state index in [1.807, 2.05) is 20.8 Å². The summed E-state index contributed by atoms with van der Waals surface area (Å²) in [5.41, 5.74) is 0. The Hall–Kier alpha value is -1.96. The Labute approximate surface area is 141 Å². The monoisotopic (exact) mass is 359 g/mol. The number of benzene rings is 1. The molecule has 134 valence electrons. The Morgan fingerprint density at radius 2 is 1.75 bits per heavy atom. The van der Waals surface area contributed by atoms with E-state index in [1.54, 1.807) is 0 Å². The maximum Gasteiger partial charge on any atom is 0.307 e. The van der Waals surface area contributed by atoms with Crippen molar-refractivity contribution in [3.63, 3.8) is 0 Å². The van der Waals surface area contributed by atoms with Gasteiger partial charge in [-0.15, -0.1) is 0 Å². The Balaban J connectivity index is 2.43. The van der Waals surface area contributed by atoms with Gasteiger partial charge >= 0.3 is 5.97 Å². The molecule has 0 unspecified atom stereocenters. The third-order valence-corrected chi connectivity index (χ3v) is 5.23. The first-order valence-corrected chi connectivity index (χ1v) is 9.20. The molecular formula is C16H22FNO5S. The molecule has 0 aliphatic heterocycles. The highest BCUT2D eigenvalue weighted by Crippen LogP contribution is 2.13. The number of nitrogens with one attached hydrogen (secondary N) is 1. The smallest absolute Gasteiger partial charge is 0.307 e. The first kappa shape index (κ1) is 20.1. The quantitative estimate of drug-likeness (QED) is 0.564. The first-order chi connectivity index (χ1) is 11.1. The molecular weight excluding hydrogens is 337 g/mol. The van der Waals surface area contributed by atoms with E-state index in [0.717, 1.165) is 24.3 Å². The van der Waals surface area contributed by atoms with Crippen molar-refractivity contribution in [2.24, 2.45) is 5.92 Å². The molecule has 24 heavy (non-hydrogen) atoms. The van der Waals surface area contributed by atoms with Crippen molar-refractivity contribution in [3.8, 4) is 0 Å². The summed E-state index contributed by atoms with van der Waals surface area (Å²) in [7, 11) is -3.71. The molecule has 8 heteroatoms. The van der Waals surface area contributed by atoms with Gasteiger partial charge in [0.25, 0.3) is 5.91 Å². The maximum absolute atomic E-state index is 12.8. The predicted octanol–water partition coefficient (Wildman–Crippen LogP) is 1.69. The number of hydrogen-bond donors (Lipinski definition) is 1. The van der Waals surface area contributed by atoms with E-state index < -0.39 is 39.9 Å². The minimum Gasteiger partial charge on any atom is -0.456 e. The number of carbonyl (C=O) groups is 2. The second-order valence-corrected chi connectivity index (χ2v) is 7.89. The molecule has 0 radical (unpaired) electrons. The van der Waals surface area contributed by atoms with E-state index in [-0.39, 0.29) is 23.3 Å². The molecule has 0 aliphatic rings. The third kappa shape index (κ3) is 6.66.